The summed E-state index contributed by atoms with van der Waals surface area (Å²) in [6.07, 6.45) is 11.6. The minimum absolute atomic E-state index is 0. The van der Waals surface area contributed by atoms with E-state index in [4.69, 9.17) is 16.0 Å². The van der Waals surface area contributed by atoms with Crippen molar-refractivity contribution < 1.29 is 68.3 Å². The van der Waals surface area contributed by atoms with Crippen molar-refractivity contribution in [3.8, 4) is 0 Å². The smallest absolute Gasteiger partial charge is 0.652 e. The fourth-order valence-corrected chi connectivity index (χ4v) is 6.00. The first-order chi connectivity index (χ1) is 16.2. The van der Waals surface area contributed by atoms with Crippen LogP contribution in [-0.2, 0) is 68.3 Å². The molecule has 40 heavy (non-hydrogen) atoms. The van der Waals surface area contributed by atoms with Gasteiger partial charge in [-0.15, -0.1) is 33.2 Å². The molecule has 3 aliphatic rings. The Morgan fingerprint density at radius 1 is 0.375 bits per heavy atom. The van der Waals surface area contributed by atoms with Crippen LogP contribution in [0.15, 0.2) is 30.3 Å². The number of nitrogens with zero attached hydrogens (tertiary/aromatic N) is 3. The molecule has 250 valence electrons. The largest absolute Gasteiger partial charge is 1.00 e. The molecule has 0 aliphatic carbocycles. The van der Waals surface area contributed by atoms with Gasteiger partial charge < -0.3 is 16.0 Å². The Morgan fingerprint density at radius 3 is 0.650 bits per heavy atom. The average molecular weight is 752 g/mol. The molecule has 0 spiro atoms. The van der Waals surface area contributed by atoms with Crippen molar-refractivity contribution in [3.05, 3.63) is 52.3 Å². The number of rotatable bonds is 0. The van der Waals surface area contributed by atoms with Gasteiger partial charge in [0.25, 0.3) is 0 Å². The standard InChI is InChI=1S/3C9H18N.C6H5.4Cu/c3*1-8(2)6-5-7-9(3,4)10-8;1-2-4-6-5-3-1;;;;/h3*5-7H2,1-4H3;1-5H;;;;/q4*-1;4*+1. The van der Waals surface area contributed by atoms with E-state index in [0.717, 1.165) is 0 Å². The van der Waals surface area contributed by atoms with Gasteiger partial charge in [0.2, 0.25) is 0 Å². The van der Waals surface area contributed by atoms with Crippen molar-refractivity contribution in [2.24, 2.45) is 0 Å². The summed E-state index contributed by atoms with van der Waals surface area (Å²) in [7, 11) is 0. The quantitative estimate of drug-likeness (QED) is 0.187. The monoisotopic (exact) mass is 749 g/mol. The normalized spacial score (nSPS) is 23.7. The van der Waals surface area contributed by atoms with Crippen LogP contribution in [-0.4, -0.2) is 33.2 Å². The van der Waals surface area contributed by atoms with Crippen molar-refractivity contribution in [1.82, 2.24) is 0 Å². The molecule has 0 radical (unpaired) electrons. The van der Waals surface area contributed by atoms with Gasteiger partial charge >= 0.3 is 68.3 Å². The van der Waals surface area contributed by atoms with Crippen molar-refractivity contribution >= 4 is 0 Å². The van der Waals surface area contributed by atoms with Crippen molar-refractivity contribution in [3.63, 3.8) is 0 Å². The molecule has 0 atom stereocenters. The summed E-state index contributed by atoms with van der Waals surface area (Å²) in [5.74, 6) is 0. The van der Waals surface area contributed by atoms with E-state index in [0.29, 0.717) is 0 Å². The summed E-state index contributed by atoms with van der Waals surface area (Å²) >= 11 is 0. The molecule has 3 fully saturated rings. The van der Waals surface area contributed by atoms with E-state index in [1.165, 1.54) is 57.8 Å². The second kappa shape index (κ2) is 20.3. The molecule has 3 heterocycles. The molecule has 0 N–H and O–H groups in total. The van der Waals surface area contributed by atoms with Gasteiger partial charge in [-0.2, -0.15) is 36.4 Å². The Labute approximate surface area is 292 Å². The SMILES string of the molecule is CC1(C)CCCC(C)(C)[N-]1.CC1(C)CCCC(C)(C)[N-]1.CC1(C)CCCC(C)(C)[N-]1.[Cu+].[Cu+].[Cu+].[Cu+].[c-]1ccccc1. The molecule has 0 aromatic heterocycles. The van der Waals surface area contributed by atoms with Gasteiger partial charge in [-0.1, -0.05) is 141 Å². The van der Waals surface area contributed by atoms with E-state index in [-0.39, 0.29) is 102 Å². The third kappa shape index (κ3) is 23.6. The van der Waals surface area contributed by atoms with Crippen LogP contribution in [0.25, 0.3) is 16.0 Å². The van der Waals surface area contributed by atoms with E-state index in [2.05, 4.69) is 89.2 Å². The van der Waals surface area contributed by atoms with E-state index in [1.54, 1.807) is 0 Å². The Bertz CT molecular complexity index is 603. The zero-order valence-electron chi connectivity index (χ0n) is 27.3. The summed E-state index contributed by atoms with van der Waals surface area (Å²) < 4.78 is 0. The molecule has 1 aromatic rings. The molecule has 0 bridgehead atoms. The Balaban J connectivity index is -0.000000212. The summed E-state index contributed by atoms with van der Waals surface area (Å²) in [6, 6.07) is 12.5. The number of hydrogen-bond acceptors (Lipinski definition) is 0. The Hall–Kier alpha value is 1.18. The van der Waals surface area contributed by atoms with Crippen LogP contribution < -0.4 is 0 Å². The second-order valence-electron chi connectivity index (χ2n) is 14.8. The molecule has 1 aromatic carbocycles. The third-order valence-corrected chi connectivity index (χ3v) is 7.15. The van der Waals surface area contributed by atoms with E-state index in [9.17, 15) is 0 Å². The van der Waals surface area contributed by atoms with Crippen molar-refractivity contribution in [2.75, 3.05) is 0 Å². The first-order valence-corrected chi connectivity index (χ1v) is 14.4. The van der Waals surface area contributed by atoms with Crippen LogP contribution in [0.1, 0.15) is 141 Å². The first-order valence-electron chi connectivity index (χ1n) is 14.4. The van der Waals surface area contributed by atoms with Gasteiger partial charge in [0.15, 0.2) is 0 Å². The fraction of sp³-hybridized carbons (Fsp3) is 0.818. The van der Waals surface area contributed by atoms with Crippen LogP contribution in [0.4, 0.5) is 0 Å². The number of piperidine rings is 3. The summed E-state index contributed by atoms with van der Waals surface area (Å²) in [5.41, 5.74) is 1.43. The van der Waals surface area contributed by atoms with Crippen LogP contribution >= 0.6 is 0 Å². The van der Waals surface area contributed by atoms with Gasteiger partial charge in [-0.05, 0) is 0 Å². The molecule has 0 unspecified atom stereocenters. The van der Waals surface area contributed by atoms with E-state index >= 15 is 0 Å². The van der Waals surface area contributed by atoms with Crippen LogP contribution in [0.3, 0.4) is 0 Å². The maximum atomic E-state index is 4.75. The van der Waals surface area contributed by atoms with Gasteiger partial charge in [0.05, 0.1) is 0 Å². The molecule has 0 saturated carbocycles. The number of benzene rings is 1. The van der Waals surface area contributed by atoms with Crippen LogP contribution in [0.2, 0.25) is 0 Å². The fourth-order valence-electron chi connectivity index (χ4n) is 6.00. The average Bonchev–Trinajstić information content (AvgIpc) is 2.65. The van der Waals surface area contributed by atoms with Gasteiger partial charge in [0.1, 0.15) is 0 Å². The van der Waals surface area contributed by atoms with E-state index < -0.39 is 0 Å². The Kier molecular flexibility index (Phi) is 24.4. The van der Waals surface area contributed by atoms with Crippen LogP contribution in [0, 0.1) is 6.07 Å². The third-order valence-electron chi connectivity index (χ3n) is 7.15. The predicted molar refractivity (Wildman–Crippen MR) is 161 cm³/mol. The van der Waals surface area contributed by atoms with E-state index in [1.807, 2.05) is 30.3 Å². The topological polar surface area (TPSA) is 42.3 Å². The van der Waals surface area contributed by atoms with Gasteiger partial charge in [-0.25, -0.2) is 0 Å². The van der Waals surface area contributed by atoms with Gasteiger partial charge in [0, 0.05) is 0 Å². The molecular weight excluding hydrogens is 693 g/mol. The summed E-state index contributed by atoms with van der Waals surface area (Å²) in [4.78, 5) is 0. The predicted octanol–water partition coefficient (Wildman–Crippen LogP) is 10.8. The number of hydrogen-bond donors (Lipinski definition) is 0. The van der Waals surface area contributed by atoms with Crippen molar-refractivity contribution in [1.29, 1.82) is 0 Å². The first kappa shape index (κ1) is 48.1. The zero-order chi connectivity index (χ0) is 27.7. The molecule has 4 rings (SSSR count). The molecule has 3 aliphatic heterocycles. The Morgan fingerprint density at radius 2 is 0.575 bits per heavy atom. The molecule has 0 amide bonds. The second-order valence-corrected chi connectivity index (χ2v) is 14.8. The molecule has 3 nitrogen and oxygen atoms in total. The van der Waals surface area contributed by atoms with Crippen LogP contribution in [0.5, 0.6) is 0 Å². The maximum Gasteiger partial charge on any atom is 1.00 e. The molecular formula is C33H59Cu4N3. The maximum absolute atomic E-state index is 4.75. The minimum atomic E-state index is 0. The zero-order valence-corrected chi connectivity index (χ0v) is 31.1. The summed E-state index contributed by atoms with van der Waals surface area (Å²) in [6.45, 7) is 26.8. The minimum Gasteiger partial charge on any atom is -0.652 e. The van der Waals surface area contributed by atoms with Crippen molar-refractivity contribution in [2.45, 2.75) is 174 Å². The van der Waals surface area contributed by atoms with Gasteiger partial charge in [-0.3, -0.25) is 0 Å². The summed E-state index contributed by atoms with van der Waals surface area (Å²) in [5, 5.41) is 14.2. The molecule has 3 saturated heterocycles. The molecule has 7 heteroatoms.